The van der Waals surface area contributed by atoms with Gasteiger partial charge < -0.3 is 4.74 Å². The lowest BCUT2D eigenvalue weighted by atomic mass is 9.43. The lowest BCUT2D eigenvalue weighted by Gasteiger charge is -2.62. The van der Waals surface area contributed by atoms with Gasteiger partial charge in [-0.1, -0.05) is 27.2 Å². The van der Waals surface area contributed by atoms with Crippen LogP contribution in [0.25, 0.3) is 0 Å². The normalized spacial score (nSPS) is 54.0. The van der Waals surface area contributed by atoms with Gasteiger partial charge in [-0.2, -0.15) is 0 Å². The molecule has 4 fully saturated rings. The Morgan fingerprint density at radius 2 is 1.75 bits per heavy atom. The van der Waals surface area contributed by atoms with E-state index in [2.05, 4.69) is 20.8 Å². The summed E-state index contributed by atoms with van der Waals surface area (Å²) >= 11 is 0. The van der Waals surface area contributed by atoms with Crippen LogP contribution in [-0.4, -0.2) is 13.7 Å². The molecule has 0 heterocycles. The second kappa shape index (κ2) is 6.00. The smallest absolute Gasteiger partial charge is 0.0518 e. The fourth-order valence-corrected chi connectivity index (χ4v) is 8.27. The van der Waals surface area contributed by atoms with Crippen LogP contribution in [0.15, 0.2) is 0 Å². The molecule has 0 saturated heterocycles. The van der Waals surface area contributed by atoms with Crippen molar-refractivity contribution in [3.05, 3.63) is 0 Å². The summed E-state index contributed by atoms with van der Waals surface area (Å²) in [6.07, 6.45) is 16.3. The minimum atomic E-state index is 0.488. The van der Waals surface area contributed by atoms with Crippen molar-refractivity contribution in [2.75, 3.05) is 13.7 Å². The predicted molar refractivity (Wildman–Crippen MR) is 101 cm³/mol. The summed E-state index contributed by atoms with van der Waals surface area (Å²) in [5.41, 5.74) is 1.84. The minimum absolute atomic E-state index is 0.488. The highest BCUT2D eigenvalue weighted by Gasteiger charge is 2.59. The van der Waals surface area contributed by atoms with Gasteiger partial charge in [-0.3, -0.25) is 0 Å². The van der Waals surface area contributed by atoms with E-state index in [9.17, 15) is 0 Å². The van der Waals surface area contributed by atoms with Gasteiger partial charge in [0, 0.05) is 7.11 Å². The first-order valence-corrected chi connectivity index (χ1v) is 11.0. The molecule has 0 aromatic rings. The number of ether oxygens (including phenoxy) is 1. The quantitative estimate of drug-likeness (QED) is 0.576. The zero-order valence-corrected chi connectivity index (χ0v) is 16.7. The van der Waals surface area contributed by atoms with E-state index in [-0.39, 0.29) is 0 Å². The Labute approximate surface area is 150 Å². The predicted octanol–water partition coefficient (Wildman–Crippen LogP) is 6.46. The van der Waals surface area contributed by atoms with Gasteiger partial charge in [0.1, 0.15) is 0 Å². The fourth-order valence-electron chi connectivity index (χ4n) is 8.27. The van der Waals surface area contributed by atoms with Gasteiger partial charge in [-0.25, -0.2) is 0 Å². The number of hydrogen-bond donors (Lipinski definition) is 0. The van der Waals surface area contributed by atoms with E-state index in [1.165, 1.54) is 64.2 Å². The maximum atomic E-state index is 5.66. The average Bonchev–Trinajstić information content (AvgIpc) is 2.97. The summed E-state index contributed by atoms with van der Waals surface area (Å²) in [5.74, 6) is 4.12. The molecule has 0 aromatic heterocycles. The Bertz CT molecular complexity index is 473. The summed E-state index contributed by atoms with van der Waals surface area (Å²) in [5, 5.41) is 0. The lowest BCUT2D eigenvalue weighted by Crippen LogP contribution is -2.54. The van der Waals surface area contributed by atoms with Crippen molar-refractivity contribution in [2.45, 2.75) is 91.4 Å². The SMILES string of the molecule is CCC1(COC)CCC2(C)C(CCC3C4CCCC4(C)CCC32)C1. The standard InChI is InChI=1S/C23H40O/c1-5-23(16-24-4)14-13-22(3)17(15-23)8-9-18-19-7-6-11-21(19,2)12-10-20(18)22/h17-20H,5-16H2,1-4H3. The molecular weight excluding hydrogens is 292 g/mol. The van der Waals surface area contributed by atoms with E-state index >= 15 is 0 Å². The van der Waals surface area contributed by atoms with Gasteiger partial charge in [0.2, 0.25) is 0 Å². The molecule has 1 nitrogen and oxygen atoms in total. The highest BCUT2D eigenvalue weighted by Crippen LogP contribution is 2.67. The second-order valence-electron chi connectivity index (χ2n) is 10.7. The zero-order valence-electron chi connectivity index (χ0n) is 16.7. The molecule has 24 heavy (non-hydrogen) atoms. The van der Waals surface area contributed by atoms with E-state index in [0.717, 1.165) is 30.3 Å². The van der Waals surface area contributed by atoms with Crippen molar-refractivity contribution >= 4 is 0 Å². The van der Waals surface area contributed by atoms with Crippen LogP contribution in [0.4, 0.5) is 0 Å². The van der Waals surface area contributed by atoms with Crippen molar-refractivity contribution < 1.29 is 4.74 Å². The zero-order chi connectivity index (χ0) is 17.0. The molecule has 7 atom stereocenters. The topological polar surface area (TPSA) is 9.23 Å². The Kier molecular flexibility index (Phi) is 4.34. The Balaban J connectivity index is 1.56. The van der Waals surface area contributed by atoms with E-state index in [1.54, 1.807) is 6.42 Å². The maximum absolute atomic E-state index is 5.66. The third-order valence-corrected chi connectivity index (χ3v) is 9.92. The monoisotopic (exact) mass is 332 g/mol. The summed E-state index contributed by atoms with van der Waals surface area (Å²) in [6, 6.07) is 0. The van der Waals surface area contributed by atoms with Crippen LogP contribution in [0.5, 0.6) is 0 Å². The molecule has 0 aliphatic heterocycles. The van der Waals surface area contributed by atoms with Gasteiger partial charge in [0.25, 0.3) is 0 Å². The maximum Gasteiger partial charge on any atom is 0.0518 e. The molecule has 0 aromatic carbocycles. The third kappa shape index (κ3) is 2.43. The van der Waals surface area contributed by atoms with Gasteiger partial charge in [0.15, 0.2) is 0 Å². The number of hydrogen-bond acceptors (Lipinski definition) is 1. The lowest BCUT2D eigenvalue weighted by molar-refractivity contribution is -0.134. The number of rotatable bonds is 3. The van der Waals surface area contributed by atoms with E-state index in [4.69, 9.17) is 4.74 Å². The molecule has 7 unspecified atom stereocenters. The first kappa shape index (κ1) is 17.4. The molecule has 0 radical (unpaired) electrons. The second-order valence-corrected chi connectivity index (χ2v) is 10.7. The van der Waals surface area contributed by atoms with Gasteiger partial charge in [-0.15, -0.1) is 0 Å². The van der Waals surface area contributed by atoms with Crippen molar-refractivity contribution in [3.63, 3.8) is 0 Å². The van der Waals surface area contributed by atoms with Crippen LogP contribution in [-0.2, 0) is 4.74 Å². The number of methoxy groups -OCH3 is 1. The van der Waals surface area contributed by atoms with Gasteiger partial charge >= 0.3 is 0 Å². The molecule has 4 aliphatic carbocycles. The van der Waals surface area contributed by atoms with Crippen molar-refractivity contribution in [1.82, 2.24) is 0 Å². The molecule has 0 amide bonds. The van der Waals surface area contributed by atoms with Crippen molar-refractivity contribution in [3.8, 4) is 0 Å². The van der Waals surface area contributed by atoms with E-state index in [1.807, 2.05) is 7.11 Å². The largest absolute Gasteiger partial charge is 0.384 e. The van der Waals surface area contributed by atoms with Crippen molar-refractivity contribution in [2.24, 2.45) is 39.9 Å². The van der Waals surface area contributed by atoms with Crippen LogP contribution >= 0.6 is 0 Å². The van der Waals surface area contributed by atoms with E-state index in [0.29, 0.717) is 16.2 Å². The Morgan fingerprint density at radius 1 is 0.917 bits per heavy atom. The molecule has 1 heteroatoms. The van der Waals surface area contributed by atoms with Crippen LogP contribution in [0.3, 0.4) is 0 Å². The number of fused-ring (bicyclic) bond motifs is 5. The molecular formula is C23H40O. The first-order chi connectivity index (χ1) is 11.5. The summed E-state index contributed by atoms with van der Waals surface area (Å²) in [7, 11) is 1.91. The third-order valence-electron chi connectivity index (χ3n) is 9.92. The fraction of sp³-hybridized carbons (Fsp3) is 1.00. The molecule has 0 N–H and O–H groups in total. The molecule has 0 spiro atoms. The summed E-state index contributed by atoms with van der Waals surface area (Å²) in [4.78, 5) is 0. The van der Waals surface area contributed by atoms with Gasteiger partial charge in [0.05, 0.1) is 6.61 Å². The van der Waals surface area contributed by atoms with Crippen LogP contribution < -0.4 is 0 Å². The highest BCUT2D eigenvalue weighted by atomic mass is 16.5. The molecule has 4 rings (SSSR count). The van der Waals surface area contributed by atoms with E-state index < -0.39 is 0 Å². The Morgan fingerprint density at radius 3 is 2.50 bits per heavy atom. The molecule has 4 saturated carbocycles. The van der Waals surface area contributed by atoms with Crippen LogP contribution in [0.2, 0.25) is 0 Å². The first-order valence-electron chi connectivity index (χ1n) is 11.0. The minimum Gasteiger partial charge on any atom is -0.384 e. The van der Waals surface area contributed by atoms with Crippen LogP contribution in [0.1, 0.15) is 91.4 Å². The molecule has 138 valence electrons. The highest BCUT2D eigenvalue weighted by molar-refractivity contribution is 5.08. The van der Waals surface area contributed by atoms with Crippen LogP contribution in [0, 0.1) is 39.9 Å². The summed E-state index contributed by atoms with van der Waals surface area (Å²) < 4.78 is 5.66. The van der Waals surface area contributed by atoms with Crippen molar-refractivity contribution in [1.29, 1.82) is 0 Å². The average molecular weight is 333 g/mol. The van der Waals surface area contributed by atoms with Gasteiger partial charge in [-0.05, 0) is 104 Å². The summed E-state index contributed by atoms with van der Waals surface area (Å²) in [6.45, 7) is 8.73. The Hall–Kier alpha value is -0.0400. The molecule has 4 aliphatic rings. The molecule has 0 bridgehead atoms.